The molecule has 0 heterocycles. The van der Waals surface area contributed by atoms with E-state index in [9.17, 15) is 0 Å². The van der Waals surface area contributed by atoms with Gasteiger partial charge in [-0.2, -0.15) is 0 Å². The minimum Gasteiger partial charge on any atom is -0.396 e. The molecule has 0 aliphatic carbocycles. The van der Waals surface area contributed by atoms with Gasteiger partial charge in [0.1, 0.15) is 0 Å². The third kappa shape index (κ3) is 8.48. The Morgan fingerprint density at radius 3 is 2.50 bits per heavy atom. The van der Waals surface area contributed by atoms with E-state index >= 15 is 0 Å². The maximum Gasteiger partial charge on any atom is 0.0615 e. The van der Waals surface area contributed by atoms with Crippen molar-refractivity contribution in [1.29, 1.82) is 0 Å². The zero-order valence-electron chi connectivity index (χ0n) is 9.59. The summed E-state index contributed by atoms with van der Waals surface area (Å²) in [4.78, 5) is 0. The molecule has 0 aromatic carbocycles. The van der Waals surface area contributed by atoms with Crippen molar-refractivity contribution in [2.24, 2.45) is 0 Å². The van der Waals surface area contributed by atoms with Crippen molar-refractivity contribution < 1.29 is 9.84 Å². The number of unbranched alkanes of at least 4 members (excludes halogenated alkanes) is 3. The molecule has 3 nitrogen and oxygen atoms in total. The van der Waals surface area contributed by atoms with Gasteiger partial charge in [0.25, 0.3) is 0 Å². The van der Waals surface area contributed by atoms with Crippen LogP contribution in [0.3, 0.4) is 0 Å². The van der Waals surface area contributed by atoms with Crippen LogP contribution in [0.15, 0.2) is 0 Å². The second kappa shape index (κ2) is 11.0. The van der Waals surface area contributed by atoms with Crippen LogP contribution >= 0.6 is 0 Å². The molecule has 0 aliphatic rings. The Hall–Kier alpha value is -0.120. The summed E-state index contributed by atoms with van der Waals surface area (Å²) in [7, 11) is 1.74. The van der Waals surface area contributed by atoms with Gasteiger partial charge in [0.15, 0.2) is 0 Å². The van der Waals surface area contributed by atoms with Crippen LogP contribution in [0.25, 0.3) is 0 Å². The number of ether oxygens (including phenoxy) is 1. The molecule has 0 spiro atoms. The monoisotopic (exact) mass is 203 g/mol. The van der Waals surface area contributed by atoms with Gasteiger partial charge in [-0.25, -0.2) is 0 Å². The third-order valence-corrected chi connectivity index (χ3v) is 2.38. The highest BCUT2D eigenvalue weighted by Crippen LogP contribution is 1.99. The van der Waals surface area contributed by atoms with Crippen molar-refractivity contribution in [2.75, 3.05) is 26.9 Å². The number of hydrogen-bond donors (Lipinski definition) is 2. The molecule has 0 radical (unpaired) electrons. The van der Waals surface area contributed by atoms with Gasteiger partial charge in [0, 0.05) is 19.8 Å². The fourth-order valence-electron chi connectivity index (χ4n) is 1.42. The number of aliphatic hydroxyl groups is 1. The van der Waals surface area contributed by atoms with Gasteiger partial charge in [-0.3, -0.25) is 0 Å². The number of nitrogens with one attached hydrogen (secondary N) is 1. The van der Waals surface area contributed by atoms with Crippen molar-refractivity contribution in [3.8, 4) is 0 Å². The average molecular weight is 203 g/mol. The Labute approximate surface area is 87.8 Å². The van der Waals surface area contributed by atoms with E-state index in [4.69, 9.17) is 9.84 Å². The molecule has 1 unspecified atom stereocenters. The summed E-state index contributed by atoms with van der Waals surface area (Å²) in [5.74, 6) is 0. The molecule has 0 amide bonds. The molecule has 0 fully saturated rings. The Morgan fingerprint density at radius 2 is 1.93 bits per heavy atom. The van der Waals surface area contributed by atoms with Crippen LogP contribution < -0.4 is 5.32 Å². The zero-order chi connectivity index (χ0) is 10.6. The van der Waals surface area contributed by atoms with Crippen molar-refractivity contribution >= 4 is 0 Å². The largest absolute Gasteiger partial charge is 0.396 e. The fourth-order valence-corrected chi connectivity index (χ4v) is 1.42. The third-order valence-electron chi connectivity index (χ3n) is 2.38. The highest BCUT2D eigenvalue weighted by atomic mass is 16.5. The summed E-state index contributed by atoms with van der Waals surface area (Å²) in [6, 6.07) is 0.498. The van der Waals surface area contributed by atoms with Crippen LogP contribution in [0, 0.1) is 0 Å². The maximum atomic E-state index is 8.59. The van der Waals surface area contributed by atoms with Crippen LogP contribution in [-0.4, -0.2) is 38.0 Å². The number of aliphatic hydroxyl groups excluding tert-OH is 1. The molecule has 0 saturated carbocycles. The molecule has 2 N–H and O–H groups in total. The predicted octanol–water partition coefficient (Wildman–Crippen LogP) is 1.55. The lowest BCUT2D eigenvalue weighted by atomic mass is 10.2. The van der Waals surface area contributed by atoms with Crippen LogP contribution in [0.1, 0.15) is 39.0 Å². The van der Waals surface area contributed by atoms with Crippen LogP contribution in [0.4, 0.5) is 0 Å². The maximum absolute atomic E-state index is 8.59. The Morgan fingerprint density at radius 1 is 1.21 bits per heavy atom. The summed E-state index contributed by atoms with van der Waals surface area (Å²) in [5.41, 5.74) is 0. The van der Waals surface area contributed by atoms with Gasteiger partial charge >= 0.3 is 0 Å². The molecule has 1 atom stereocenters. The minimum atomic E-state index is 0.328. The molecule has 14 heavy (non-hydrogen) atoms. The normalized spacial score (nSPS) is 13.1. The fraction of sp³-hybridized carbons (Fsp3) is 1.00. The Bertz CT molecular complexity index is 109. The minimum absolute atomic E-state index is 0.328. The van der Waals surface area contributed by atoms with Crippen molar-refractivity contribution in [2.45, 2.75) is 45.1 Å². The van der Waals surface area contributed by atoms with E-state index in [1.54, 1.807) is 7.11 Å². The molecule has 0 aromatic rings. The molecular weight excluding hydrogens is 178 g/mol. The van der Waals surface area contributed by atoms with E-state index in [1.165, 1.54) is 12.8 Å². The first-order chi connectivity index (χ1) is 6.85. The van der Waals surface area contributed by atoms with E-state index in [-0.39, 0.29) is 0 Å². The standard InChI is InChI=1S/C11H25NO2/c1-3-11(10-14-2)12-8-6-4-5-7-9-13/h11-13H,3-10H2,1-2H3. The van der Waals surface area contributed by atoms with Gasteiger partial charge in [0.2, 0.25) is 0 Å². The van der Waals surface area contributed by atoms with E-state index in [2.05, 4.69) is 12.2 Å². The lowest BCUT2D eigenvalue weighted by Gasteiger charge is -2.15. The van der Waals surface area contributed by atoms with E-state index in [0.717, 1.165) is 32.4 Å². The summed E-state index contributed by atoms with van der Waals surface area (Å²) in [5, 5.41) is 12.0. The van der Waals surface area contributed by atoms with Gasteiger partial charge < -0.3 is 15.2 Å². The van der Waals surface area contributed by atoms with Crippen molar-refractivity contribution in [3.63, 3.8) is 0 Å². The highest BCUT2D eigenvalue weighted by molar-refractivity contribution is 4.63. The SMILES string of the molecule is CCC(COC)NCCCCCCO. The molecule has 0 saturated heterocycles. The quantitative estimate of drug-likeness (QED) is 0.529. The number of hydrogen-bond acceptors (Lipinski definition) is 3. The predicted molar refractivity (Wildman–Crippen MR) is 59.5 cm³/mol. The second-order valence-corrected chi connectivity index (χ2v) is 3.65. The first-order valence-corrected chi connectivity index (χ1v) is 5.68. The first kappa shape index (κ1) is 13.9. The van der Waals surface area contributed by atoms with Gasteiger partial charge in [-0.1, -0.05) is 19.8 Å². The van der Waals surface area contributed by atoms with Crippen molar-refractivity contribution in [1.82, 2.24) is 5.32 Å². The average Bonchev–Trinajstić information content (AvgIpc) is 2.21. The summed E-state index contributed by atoms with van der Waals surface area (Å²) < 4.78 is 5.09. The van der Waals surface area contributed by atoms with Crippen LogP contribution in [0.5, 0.6) is 0 Å². The van der Waals surface area contributed by atoms with Crippen LogP contribution in [-0.2, 0) is 4.74 Å². The van der Waals surface area contributed by atoms with E-state index in [1.807, 2.05) is 0 Å². The molecule has 3 heteroatoms. The van der Waals surface area contributed by atoms with Gasteiger partial charge in [0.05, 0.1) is 6.61 Å². The molecule has 0 rings (SSSR count). The Balaban J connectivity index is 3.15. The van der Waals surface area contributed by atoms with Crippen molar-refractivity contribution in [3.05, 3.63) is 0 Å². The number of methoxy groups -OCH3 is 1. The topological polar surface area (TPSA) is 41.5 Å². The lowest BCUT2D eigenvalue weighted by Crippen LogP contribution is -2.33. The highest BCUT2D eigenvalue weighted by Gasteiger charge is 2.02. The van der Waals surface area contributed by atoms with E-state index < -0.39 is 0 Å². The van der Waals surface area contributed by atoms with Gasteiger partial charge in [-0.15, -0.1) is 0 Å². The molecule has 0 aliphatic heterocycles. The molecule has 0 bridgehead atoms. The Kier molecular flexibility index (Phi) is 10.9. The number of rotatable bonds is 10. The van der Waals surface area contributed by atoms with Gasteiger partial charge in [-0.05, 0) is 25.8 Å². The first-order valence-electron chi connectivity index (χ1n) is 5.68. The summed E-state index contributed by atoms with van der Waals surface area (Å²) >= 11 is 0. The summed E-state index contributed by atoms with van der Waals surface area (Å²) in [6.07, 6.45) is 5.59. The second-order valence-electron chi connectivity index (χ2n) is 3.65. The zero-order valence-corrected chi connectivity index (χ0v) is 9.59. The smallest absolute Gasteiger partial charge is 0.0615 e. The molecule has 0 aromatic heterocycles. The summed E-state index contributed by atoms with van der Waals surface area (Å²) in [6.45, 7) is 4.36. The van der Waals surface area contributed by atoms with Crippen LogP contribution in [0.2, 0.25) is 0 Å². The molecular formula is C11H25NO2. The van der Waals surface area contributed by atoms with E-state index in [0.29, 0.717) is 12.6 Å². The lowest BCUT2D eigenvalue weighted by molar-refractivity contribution is 0.164. The molecule has 86 valence electrons.